The lowest BCUT2D eigenvalue weighted by Crippen LogP contribution is -2.05. The maximum atomic E-state index is 12.0. The Bertz CT molecular complexity index is 331. The van der Waals surface area contributed by atoms with Crippen LogP contribution < -0.4 is 0 Å². The van der Waals surface area contributed by atoms with Gasteiger partial charge >= 0.3 is 12.1 Å². The minimum absolute atomic E-state index is 0.147. The molecule has 14 heavy (non-hydrogen) atoms. The maximum absolute atomic E-state index is 12.0. The first-order valence-corrected chi connectivity index (χ1v) is 3.63. The molecule has 1 aromatic rings. The summed E-state index contributed by atoms with van der Waals surface area (Å²) in [6.07, 6.45) is -4.54. The monoisotopic (exact) mass is 209 g/mol. The average Bonchev–Trinajstić information content (AvgIpc) is 2.47. The molecule has 0 aliphatic carbocycles. The summed E-state index contributed by atoms with van der Waals surface area (Å²) >= 11 is 0. The number of carboxylic acids is 1. The van der Waals surface area contributed by atoms with E-state index in [0.29, 0.717) is 6.26 Å². The van der Waals surface area contributed by atoms with Gasteiger partial charge in [0.15, 0.2) is 11.6 Å². The van der Waals surface area contributed by atoms with Crippen molar-refractivity contribution in [3.63, 3.8) is 0 Å². The Morgan fingerprint density at radius 1 is 1.57 bits per heavy atom. The van der Waals surface area contributed by atoms with Gasteiger partial charge in [0, 0.05) is 6.42 Å². The van der Waals surface area contributed by atoms with Crippen molar-refractivity contribution >= 4 is 5.97 Å². The number of carboxylic acid groups (broad SMARTS) is 1. The molecule has 0 fully saturated rings. The van der Waals surface area contributed by atoms with Crippen molar-refractivity contribution < 1.29 is 27.5 Å². The van der Waals surface area contributed by atoms with Crippen LogP contribution in [0.4, 0.5) is 13.2 Å². The highest BCUT2D eigenvalue weighted by molar-refractivity contribution is 5.66. The van der Waals surface area contributed by atoms with E-state index in [0.717, 1.165) is 0 Å². The zero-order chi connectivity index (χ0) is 10.8. The minimum atomic E-state index is -4.55. The van der Waals surface area contributed by atoms with Gasteiger partial charge < -0.3 is 9.52 Å². The zero-order valence-corrected chi connectivity index (χ0v) is 6.84. The summed E-state index contributed by atoms with van der Waals surface area (Å²) in [6, 6.07) is 0. The Morgan fingerprint density at radius 3 is 2.64 bits per heavy atom. The highest BCUT2D eigenvalue weighted by Gasteiger charge is 2.34. The SMILES string of the molecule is O=C(O)CCc1nc(C(F)(F)F)co1. The molecule has 0 amide bonds. The van der Waals surface area contributed by atoms with Crippen molar-refractivity contribution in [2.24, 2.45) is 0 Å². The van der Waals surface area contributed by atoms with E-state index in [4.69, 9.17) is 5.11 Å². The summed E-state index contributed by atoms with van der Waals surface area (Å²) in [5.74, 6) is -1.34. The first-order chi connectivity index (χ1) is 6.39. The molecule has 0 radical (unpaired) electrons. The lowest BCUT2D eigenvalue weighted by Gasteiger charge is -1.98. The van der Waals surface area contributed by atoms with Gasteiger partial charge in [-0.3, -0.25) is 4.79 Å². The molecule has 1 heterocycles. The molecular weight excluding hydrogens is 203 g/mol. The van der Waals surface area contributed by atoms with Crippen LogP contribution in [0.15, 0.2) is 10.7 Å². The molecule has 0 unspecified atom stereocenters. The normalized spacial score (nSPS) is 11.6. The Kier molecular flexibility index (Phi) is 2.78. The van der Waals surface area contributed by atoms with E-state index in [-0.39, 0.29) is 18.7 Å². The number of oxazole rings is 1. The van der Waals surface area contributed by atoms with Crippen molar-refractivity contribution in [2.45, 2.75) is 19.0 Å². The second kappa shape index (κ2) is 3.69. The average molecular weight is 209 g/mol. The highest BCUT2D eigenvalue weighted by Crippen LogP contribution is 2.28. The predicted molar refractivity (Wildman–Crippen MR) is 37.5 cm³/mol. The van der Waals surface area contributed by atoms with Crippen LogP contribution in [0.1, 0.15) is 18.0 Å². The van der Waals surface area contributed by atoms with Crippen molar-refractivity contribution in [1.82, 2.24) is 4.98 Å². The molecule has 4 nitrogen and oxygen atoms in total. The van der Waals surface area contributed by atoms with Gasteiger partial charge in [0.2, 0.25) is 0 Å². The van der Waals surface area contributed by atoms with Crippen LogP contribution in [0.25, 0.3) is 0 Å². The maximum Gasteiger partial charge on any atom is 0.436 e. The van der Waals surface area contributed by atoms with Crippen molar-refractivity contribution in [1.29, 1.82) is 0 Å². The van der Waals surface area contributed by atoms with Crippen LogP contribution in [-0.2, 0) is 17.4 Å². The van der Waals surface area contributed by atoms with Gasteiger partial charge in [-0.2, -0.15) is 13.2 Å². The smallest absolute Gasteiger partial charge is 0.436 e. The molecule has 0 saturated carbocycles. The zero-order valence-electron chi connectivity index (χ0n) is 6.84. The standard InChI is InChI=1S/C7H6F3NO3/c8-7(9,10)4-3-14-5(11-4)1-2-6(12)13/h3H,1-2H2,(H,12,13). The van der Waals surface area contributed by atoms with Crippen LogP contribution in [0.5, 0.6) is 0 Å². The lowest BCUT2D eigenvalue weighted by atomic mass is 10.3. The van der Waals surface area contributed by atoms with Crippen molar-refractivity contribution in [2.75, 3.05) is 0 Å². The van der Waals surface area contributed by atoms with Crippen LogP contribution in [0.3, 0.4) is 0 Å². The summed E-state index contributed by atoms with van der Waals surface area (Å²) in [5.41, 5.74) is -1.14. The lowest BCUT2D eigenvalue weighted by molar-refractivity contribution is -0.141. The molecule has 7 heteroatoms. The molecule has 0 bridgehead atoms. The van der Waals surface area contributed by atoms with Crippen LogP contribution in [0, 0.1) is 0 Å². The Morgan fingerprint density at radius 2 is 2.21 bits per heavy atom. The number of aryl methyl sites for hydroxylation is 1. The van der Waals surface area contributed by atoms with Gasteiger partial charge in [-0.15, -0.1) is 0 Å². The van der Waals surface area contributed by atoms with E-state index < -0.39 is 17.8 Å². The summed E-state index contributed by atoms with van der Waals surface area (Å²) in [6.45, 7) is 0. The van der Waals surface area contributed by atoms with Crippen LogP contribution in [-0.4, -0.2) is 16.1 Å². The summed E-state index contributed by atoms with van der Waals surface area (Å²) in [5, 5.41) is 8.25. The van der Waals surface area contributed by atoms with Crippen molar-refractivity contribution in [3.05, 3.63) is 17.8 Å². The van der Waals surface area contributed by atoms with Crippen LogP contribution >= 0.6 is 0 Å². The molecule has 1 rings (SSSR count). The first-order valence-electron chi connectivity index (χ1n) is 3.63. The third-order valence-electron chi connectivity index (χ3n) is 1.39. The second-order valence-corrected chi connectivity index (χ2v) is 2.52. The molecule has 0 spiro atoms. The number of nitrogens with zero attached hydrogens (tertiary/aromatic N) is 1. The molecular formula is C7H6F3NO3. The number of aliphatic carboxylic acids is 1. The van der Waals surface area contributed by atoms with Gasteiger partial charge in [-0.25, -0.2) is 4.98 Å². The fourth-order valence-corrected chi connectivity index (χ4v) is 0.770. The van der Waals surface area contributed by atoms with Gasteiger partial charge in [-0.05, 0) is 0 Å². The van der Waals surface area contributed by atoms with Crippen molar-refractivity contribution in [3.8, 4) is 0 Å². The number of alkyl halides is 3. The van der Waals surface area contributed by atoms with Crippen LogP contribution in [0.2, 0.25) is 0 Å². The van der Waals surface area contributed by atoms with E-state index >= 15 is 0 Å². The molecule has 0 saturated heterocycles. The fourth-order valence-electron chi connectivity index (χ4n) is 0.770. The number of rotatable bonds is 3. The van der Waals surface area contributed by atoms with Gasteiger partial charge in [0.25, 0.3) is 0 Å². The third kappa shape index (κ3) is 2.75. The van der Waals surface area contributed by atoms with E-state index in [2.05, 4.69) is 9.40 Å². The molecule has 78 valence electrons. The number of hydrogen-bond acceptors (Lipinski definition) is 3. The number of carbonyl (C=O) groups is 1. The molecule has 1 aromatic heterocycles. The Hall–Kier alpha value is -1.53. The molecule has 0 atom stereocenters. The van der Waals surface area contributed by atoms with E-state index in [1.807, 2.05) is 0 Å². The Balaban J connectivity index is 2.64. The third-order valence-corrected chi connectivity index (χ3v) is 1.39. The highest BCUT2D eigenvalue weighted by atomic mass is 19.4. The fraction of sp³-hybridized carbons (Fsp3) is 0.429. The molecule has 0 aliphatic rings. The van der Waals surface area contributed by atoms with E-state index in [1.165, 1.54) is 0 Å². The topological polar surface area (TPSA) is 63.3 Å². The van der Waals surface area contributed by atoms with Gasteiger partial charge in [0.1, 0.15) is 6.26 Å². The number of aromatic nitrogens is 1. The summed E-state index contributed by atoms with van der Waals surface area (Å²) < 4.78 is 40.3. The summed E-state index contributed by atoms with van der Waals surface area (Å²) in [7, 11) is 0. The number of hydrogen-bond donors (Lipinski definition) is 1. The van der Waals surface area contributed by atoms with E-state index in [1.54, 1.807) is 0 Å². The van der Waals surface area contributed by atoms with Gasteiger partial charge in [0.05, 0.1) is 6.42 Å². The second-order valence-electron chi connectivity index (χ2n) is 2.52. The molecule has 1 N–H and O–H groups in total. The molecule has 0 aromatic carbocycles. The van der Waals surface area contributed by atoms with Gasteiger partial charge in [-0.1, -0.05) is 0 Å². The largest absolute Gasteiger partial charge is 0.481 e. The molecule has 0 aliphatic heterocycles. The Labute approximate surface area is 76.4 Å². The minimum Gasteiger partial charge on any atom is -0.481 e. The number of halogens is 3. The van der Waals surface area contributed by atoms with E-state index in [9.17, 15) is 18.0 Å². The quantitative estimate of drug-likeness (QED) is 0.822. The summed E-state index contributed by atoms with van der Waals surface area (Å²) in [4.78, 5) is 13.2. The first kappa shape index (κ1) is 10.6. The predicted octanol–water partition coefficient (Wildman–Crippen LogP) is 1.71.